The van der Waals surface area contributed by atoms with Gasteiger partial charge in [-0.3, -0.25) is 14.2 Å². The first-order chi connectivity index (χ1) is 13.2. The largest absolute Gasteiger partial charge is 0.497 e. The number of hydrogen-bond donors (Lipinski definition) is 0. The molecular formula is C21H16N2O3S. The third-order valence-electron chi connectivity index (χ3n) is 4.30. The molecule has 4 rings (SSSR count). The average molecular weight is 376 g/mol. The molecule has 27 heavy (non-hydrogen) atoms. The van der Waals surface area contributed by atoms with Gasteiger partial charge in [-0.25, -0.2) is 4.98 Å². The zero-order valence-corrected chi connectivity index (χ0v) is 15.4. The van der Waals surface area contributed by atoms with Crippen molar-refractivity contribution < 1.29 is 9.53 Å². The number of thiophene rings is 1. The minimum Gasteiger partial charge on any atom is -0.497 e. The van der Waals surface area contributed by atoms with E-state index in [9.17, 15) is 9.59 Å². The van der Waals surface area contributed by atoms with Crippen LogP contribution in [0, 0.1) is 0 Å². The van der Waals surface area contributed by atoms with Crippen LogP contribution in [0.15, 0.2) is 71.8 Å². The molecule has 0 atom stereocenters. The Morgan fingerprint density at radius 1 is 1.11 bits per heavy atom. The fourth-order valence-corrected chi connectivity index (χ4v) is 3.84. The first-order valence-electron chi connectivity index (χ1n) is 8.37. The molecule has 0 bridgehead atoms. The van der Waals surface area contributed by atoms with Gasteiger partial charge in [-0.2, -0.15) is 0 Å². The van der Waals surface area contributed by atoms with Crippen LogP contribution in [0.2, 0.25) is 0 Å². The van der Waals surface area contributed by atoms with Gasteiger partial charge < -0.3 is 4.74 Å². The molecule has 2 aromatic carbocycles. The van der Waals surface area contributed by atoms with E-state index in [1.807, 2.05) is 36.4 Å². The maximum Gasteiger partial charge on any atom is 0.262 e. The lowest BCUT2D eigenvalue weighted by Crippen LogP contribution is -2.24. The second kappa shape index (κ2) is 7.17. The van der Waals surface area contributed by atoms with E-state index in [0.29, 0.717) is 21.5 Å². The third-order valence-corrected chi connectivity index (χ3v) is 5.39. The summed E-state index contributed by atoms with van der Waals surface area (Å²) < 4.78 is 6.46. The fourth-order valence-electron chi connectivity index (χ4n) is 2.84. The second-order valence-electron chi connectivity index (χ2n) is 6.02. The lowest BCUT2D eigenvalue weighted by molar-refractivity contribution is 0.0970. The van der Waals surface area contributed by atoms with E-state index in [4.69, 9.17) is 4.74 Å². The smallest absolute Gasteiger partial charge is 0.262 e. The van der Waals surface area contributed by atoms with Crippen LogP contribution in [0.4, 0.5) is 0 Å². The molecule has 5 nitrogen and oxygen atoms in total. The fraction of sp³-hybridized carbons (Fsp3) is 0.0952. The standard InChI is InChI=1S/C21H16N2O3S/c1-26-16-9-7-14(8-10-16)18(24)12-23-13-22-20-17(21(23)25)11-19(27-20)15-5-3-2-4-6-15/h2-11,13H,12H2,1H3. The Morgan fingerprint density at radius 3 is 2.56 bits per heavy atom. The number of Topliss-reactive ketones (excluding diaryl/α,β-unsaturated/α-hetero) is 1. The monoisotopic (exact) mass is 376 g/mol. The Kier molecular flexibility index (Phi) is 4.56. The molecular weight excluding hydrogens is 360 g/mol. The lowest BCUT2D eigenvalue weighted by Gasteiger charge is -2.05. The molecule has 0 fully saturated rings. The van der Waals surface area contributed by atoms with E-state index in [0.717, 1.165) is 10.4 Å². The summed E-state index contributed by atoms with van der Waals surface area (Å²) in [7, 11) is 1.57. The van der Waals surface area contributed by atoms with Gasteiger partial charge in [0.05, 0.1) is 25.4 Å². The molecule has 0 aliphatic heterocycles. The highest BCUT2D eigenvalue weighted by atomic mass is 32.1. The molecule has 0 saturated carbocycles. The van der Waals surface area contributed by atoms with Crippen LogP contribution in [-0.2, 0) is 6.54 Å². The maximum absolute atomic E-state index is 12.8. The molecule has 0 unspecified atom stereocenters. The van der Waals surface area contributed by atoms with Crippen molar-refractivity contribution >= 4 is 27.3 Å². The summed E-state index contributed by atoms with van der Waals surface area (Å²) in [5, 5.41) is 0.531. The molecule has 0 radical (unpaired) electrons. The highest BCUT2D eigenvalue weighted by molar-refractivity contribution is 7.21. The van der Waals surface area contributed by atoms with Gasteiger partial charge in [0, 0.05) is 10.4 Å². The second-order valence-corrected chi connectivity index (χ2v) is 7.06. The van der Waals surface area contributed by atoms with Gasteiger partial charge in [-0.15, -0.1) is 11.3 Å². The molecule has 0 spiro atoms. The summed E-state index contributed by atoms with van der Waals surface area (Å²) in [4.78, 5) is 31.3. The van der Waals surface area contributed by atoms with Crippen LogP contribution >= 0.6 is 11.3 Å². The number of aromatic nitrogens is 2. The number of benzene rings is 2. The van der Waals surface area contributed by atoms with Crippen LogP contribution in [0.25, 0.3) is 20.7 Å². The number of carbonyl (C=O) groups is 1. The first-order valence-corrected chi connectivity index (χ1v) is 9.19. The highest BCUT2D eigenvalue weighted by Gasteiger charge is 2.13. The molecule has 0 saturated heterocycles. The Balaban J connectivity index is 1.65. The lowest BCUT2D eigenvalue weighted by atomic mass is 10.1. The van der Waals surface area contributed by atoms with Crippen molar-refractivity contribution in [3.63, 3.8) is 0 Å². The van der Waals surface area contributed by atoms with Crippen molar-refractivity contribution in [1.29, 1.82) is 0 Å². The quantitative estimate of drug-likeness (QED) is 0.494. The summed E-state index contributed by atoms with van der Waals surface area (Å²) in [5.41, 5.74) is 1.36. The number of rotatable bonds is 5. The predicted octanol–water partition coefficient (Wildman–Crippen LogP) is 4.02. The number of ether oxygens (including phenoxy) is 1. The van der Waals surface area contributed by atoms with Crippen molar-refractivity contribution in [2.24, 2.45) is 0 Å². The zero-order valence-electron chi connectivity index (χ0n) is 14.6. The van der Waals surface area contributed by atoms with E-state index in [2.05, 4.69) is 4.98 Å². The van der Waals surface area contributed by atoms with Crippen molar-refractivity contribution in [3.8, 4) is 16.2 Å². The summed E-state index contributed by atoms with van der Waals surface area (Å²) in [6.07, 6.45) is 1.44. The van der Waals surface area contributed by atoms with Crippen molar-refractivity contribution in [2.75, 3.05) is 7.11 Å². The molecule has 6 heteroatoms. The van der Waals surface area contributed by atoms with Crippen LogP contribution < -0.4 is 10.3 Å². The number of methoxy groups -OCH3 is 1. The number of carbonyl (C=O) groups excluding carboxylic acids is 1. The van der Waals surface area contributed by atoms with Crippen molar-refractivity contribution in [3.05, 3.63) is 82.9 Å². The SMILES string of the molecule is COc1ccc(C(=O)Cn2cnc3sc(-c4ccccc4)cc3c2=O)cc1. The van der Waals surface area contributed by atoms with E-state index in [1.165, 1.54) is 22.2 Å². The molecule has 0 amide bonds. The molecule has 134 valence electrons. The molecule has 0 aliphatic carbocycles. The number of fused-ring (bicyclic) bond motifs is 1. The minimum absolute atomic E-state index is 0.0510. The Hall–Kier alpha value is -3.25. The van der Waals surface area contributed by atoms with Gasteiger partial charge in [-0.05, 0) is 35.9 Å². The van der Waals surface area contributed by atoms with Crippen LogP contribution in [0.5, 0.6) is 5.75 Å². The number of nitrogens with zero attached hydrogens (tertiary/aromatic N) is 2. The summed E-state index contributed by atoms with van der Waals surface area (Å²) in [6.45, 7) is -0.0510. The minimum atomic E-state index is -0.208. The molecule has 0 aliphatic rings. The number of ketones is 1. The summed E-state index contributed by atoms with van der Waals surface area (Å²) in [6, 6.07) is 18.5. The van der Waals surface area contributed by atoms with Gasteiger partial charge in [0.2, 0.25) is 0 Å². The Bertz CT molecular complexity index is 1160. The number of hydrogen-bond acceptors (Lipinski definition) is 5. The van der Waals surface area contributed by atoms with Gasteiger partial charge in [0.25, 0.3) is 5.56 Å². The van der Waals surface area contributed by atoms with E-state index >= 15 is 0 Å². The molecule has 4 aromatic rings. The van der Waals surface area contributed by atoms with Crippen molar-refractivity contribution in [1.82, 2.24) is 9.55 Å². The first kappa shape index (κ1) is 17.2. The van der Waals surface area contributed by atoms with Crippen molar-refractivity contribution in [2.45, 2.75) is 6.54 Å². The van der Waals surface area contributed by atoms with Gasteiger partial charge >= 0.3 is 0 Å². The van der Waals surface area contributed by atoms with Crippen LogP contribution in [-0.4, -0.2) is 22.4 Å². The molecule has 2 aromatic heterocycles. The summed E-state index contributed by atoms with van der Waals surface area (Å²) in [5.74, 6) is 0.526. The van der Waals surface area contributed by atoms with Gasteiger partial charge in [0.15, 0.2) is 5.78 Å². The van der Waals surface area contributed by atoms with Gasteiger partial charge in [-0.1, -0.05) is 30.3 Å². The summed E-state index contributed by atoms with van der Waals surface area (Å²) >= 11 is 1.47. The maximum atomic E-state index is 12.8. The topological polar surface area (TPSA) is 61.2 Å². The predicted molar refractivity (Wildman–Crippen MR) is 107 cm³/mol. The average Bonchev–Trinajstić information content (AvgIpc) is 3.16. The normalized spacial score (nSPS) is 10.9. The van der Waals surface area contributed by atoms with E-state index < -0.39 is 0 Å². The van der Waals surface area contributed by atoms with Crippen LogP contribution in [0.1, 0.15) is 10.4 Å². The zero-order chi connectivity index (χ0) is 18.8. The van der Waals surface area contributed by atoms with Crippen LogP contribution in [0.3, 0.4) is 0 Å². The van der Waals surface area contributed by atoms with E-state index in [1.54, 1.807) is 31.4 Å². The van der Waals surface area contributed by atoms with Gasteiger partial charge in [0.1, 0.15) is 10.6 Å². The molecule has 0 N–H and O–H groups in total. The Labute approximate surface area is 159 Å². The highest BCUT2D eigenvalue weighted by Crippen LogP contribution is 2.30. The Morgan fingerprint density at radius 2 is 1.85 bits per heavy atom. The molecule has 2 heterocycles. The third kappa shape index (κ3) is 3.39. The van der Waals surface area contributed by atoms with E-state index in [-0.39, 0.29) is 17.9 Å².